The molecule has 1 N–H and O–H groups in total. The highest BCUT2D eigenvalue weighted by Crippen LogP contribution is 2.27. The van der Waals surface area contributed by atoms with Crippen LogP contribution >= 0.6 is 0 Å². The molecule has 6 nitrogen and oxygen atoms in total. The van der Waals surface area contributed by atoms with Crippen LogP contribution in [0.2, 0.25) is 0 Å². The molecule has 160 valence electrons. The minimum atomic E-state index is -0.518. The van der Waals surface area contributed by atoms with E-state index in [0.717, 1.165) is 13.1 Å². The van der Waals surface area contributed by atoms with E-state index in [1.165, 1.54) is 37.7 Å². The summed E-state index contributed by atoms with van der Waals surface area (Å²) >= 11 is 0. The summed E-state index contributed by atoms with van der Waals surface area (Å²) in [5.74, 6) is 1.53. The van der Waals surface area contributed by atoms with E-state index >= 15 is 0 Å². The molecule has 1 aliphatic carbocycles. The summed E-state index contributed by atoms with van der Waals surface area (Å²) in [7, 11) is 0. The highest BCUT2D eigenvalue weighted by molar-refractivity contribution is 5.94. The Labute approximate surface area is 178 Å². The second-order valence-electron chi connectivity index (χ2n) is 8.23. The summed E-state index contributed by atoms with van der Waals surface area (Å²) in [6.07, 6.45) is 7.48. The molecular formula is C24H31N3O3. The number of rotatable bonds is 7. The van der Waals surface area contributed by atoms with Crippen LogP contribution in [-0.4, -0.2) is 48.2 Å². The quantitative estimate of drug-likeness (QED) is 0.752. The van der Waals surface area contributed by atoms with E-state index in [-0.39, 0.29) is 5.91 Å². The molecule has 1 saturated carbocycles. The van der Waals surface area contributed by atoms with Gasteiger partial charge in [0, 0.05) is 25.8 Å². The predicted molar refractivity (Wildman–Crippen MR) is 116 cm³/mol. The Balaban J connectivity index is 1.32. The van der Waals surface area contributed by atoms with Gasteiger partial charge in [0.1, 0.15) is 6.10 Å². The molecule has 30 heavy (non-hydrogen) atoms. The number of amides is 1. The molecule has 2 aliphatic rings. The Hall–Kier alpha value is -2.44. The van der Waals surface area contributed by atoms with E-state index < -0.39 is 6.10 Å². The normalized spacial score (nSPS) is 20.6. The van der Waals surface area contributed by atoms with Crippen LogP contribution in [0.15, 0.2) is 48.7 Å². The van der Waals surface area contributed by atoms with Gasteiger partial charge in [0.15, 0.2) is 11.6 Å². The highest BCUT2D eigenvalue weighted by atomic mass is 16.5. The molecule has 6 heteroatoms. The SMILES string of the molecule is O=C(Nc1ncccc1OCC1CCCCC1)C1CN(Cc2ccccc2)CCO1. The van der Waals surface area contributed by atoms with Crippen molar-refractivity contribution < 1.29 is 14.3 Å². The van der Waals surface area contributed by atoms with Crippen LogP contribution in [0.4, 0.5) is 5.82 Å². The van der Waals surface area contributed by atoms with Gasteiger partial charge in [-0.2, -0.15) is 0 Å². The third kappa shape index (κ3) is 5.80. The first-order valence-corrected chi connectivity index (χ1v) is 11.0. The number of benzene rings is 1. The summed E-state index contributed by atoms with van der Waals surface area (Å²) < 4.78 is 11.8. The minimum absolute atomic E-state index is 0.172. The third-order valence-electron chi connectivity index (χ3n) is 5.90. The summed E-state index contributed by atoms with van der Waals surface area (Å²) in [5.41, 5.74) is 1.24. The predicted octanol–water partition coefficient (Wildman–Crippen LogP) is 3.88. The first kappa shape index (κ1) is 20.8. The van der Waals surface area contributed by atoms with Crippen molar-refractivity contribution in [2.24, 2.45) is 5.92 Å². The van der Waals surface area contributed by atoms with Crippen LogP contribution in [0.5, 0.6) is 5.75 Å². The third-order valence-corrected chi connectivity index (χ3v) is 5.90. The first-order valence-electron chi connectivity index (χ1n) is 11.0. The molecule has 0 bridgehead atoms. The lowest BCUT2D eigenvalue weighted by Gasteiger charge is -2.32. The van der Waals surface area contributed by atoms with Gasteiger partial charge in [0.05, 0.1) is 13.2 Å². The summed E-state index contributed by atoms with van der Waals surface area (Å²) in [6, 6.07) is 14.0. The second-order valence-corrected chi connectivity index (χ2v) is 8.23. The van der Waals surface area contributed by atoms with Crippen molar-refractivity contribution in [3.8, 4) is 5.75 Å². The van der Waals surface area contributed by atoms with E-state index in [9.17, 15) is 4.79 Å². The van der Waals surface area contributed by atoms with Crippen LogP contribution in [0, 0.1) is 5.92 Å². The summed E-state index contributed by atoms with van der Waals surface area (Å²) in [4.78, 5) is 19.5. The molecule has 1 aliphatic heterocycles. The highest BCUT2D eigenvalue weighted by Gasteiger charge is 2.27. The largest absolute Gasteiger partial charge is 0.489 e. The van der Waals surface area contributed by atoms with Crippen LogP contribution in [-0.2, 0) is 16.1 Å². The van der Waals surface area contributed by atoms with Crippen LogP contribution in [0.1, 0.15) is 37.7 Å². The van der Waals surface area contributed by atoms with Gasteiger partial charge < -0.3 is 14.8 Å². The Morgan fingerprint density at radius 3 is 2.80 bits per heavy atom. The Morgan fingerprint density at radius 1 is 1.13 bits per heavy atom. The average Bonchev–Trinajstić information content (AvgIpc) is 2.80. The number of nitrogens with zero attached hydrogens (tertiary/aromatic N) is 2. The van der Waals surface area contributed by atoms with Gasteiger partial charge in [-0.15, -0.1) is 0 Å². The summed E-state index contributed by atoms with van der Waals surface area (Å²) in [5, 5.41) is 2.93. The van der Waals surface area contributed by atoms with Crippen LogP contribution in [0.25, 0.3) is 0 Å². The van der Waals surface area contributed by atoms with Crippen molar-refractivity contribution in [2.75, 3.05) is 31.6 Å². The smallest absolute Gasteiger partial charge is 0.256 e. The lowest BCUT2D eigenvalue weighted by molar-refractivity contribution is -0.133. The molecule has 2 fully saturated rings. The van der Waals surface area contributed by atoms with Gasteiger partial charge in [-0.1, -0.05) is 49.6 Å². The Bertz CT molecular complexity index is 808. The number of morpholine rings is 1. The van der Waals surface area contributed by atoms with Crippen molar-refractivity contribution in [3.05, 3.63) is 54.2 Å². The van der Waals surface area contributed by atoms with Crippen molar-refractivity contribution in [1.82, 2.24) is 9.88 Å². The van der Waals surface area contributed by atoms with Gasteiger partial charge in [-0.3, -0.25) is 9.69 Å². The molecule has 0 spiro atoms. The van der Waals surface area contributed by atoms with Crippen molar-refractivity contribution in [3.63, 3.8) is 0 Å². The van der Waals surface area contributed by atoms with Crippen molar-refractivity contribution in [2.45, 2.75) is 44.8 Å². The maximum atomic E-state index is 12.9. The zero-order chi connectivity index (χ0) is 20.6. The fourth-order valence-corrected chi connectivity index (χ4v) is 4.21. The zero-order valence-corrected chi connectivity index (χ0v) is 17.5. The maximum Gasteiger partial charge on any atom is 0.256 e. The van der Waals surface area contributed by atoms with E-state index in [2.05, 4.69) is 27.3 Å². The number of aromatic nitrogens is 1. The van der Waals surface area contributed by atoms with Crippen molar-refractivity contribution >= 4 is 11.7 Å². The molecule has 1 atom stereocenters. The monoisotopic (exact) mass is 409 g/mol. The molecule has 1 aromatic heterocycles. The number of nitrogens with one attached hydrogen (secondary N) is 1. The van der Waals surface area contributed by atoms with Gasteiger partial charge in [-0.25, -0.2) is 4.98 Å². The fraction of sp³-hybridized carbons (Fsp3) is 0.500. The van der Waals surface area contributed by atoms with E-state index in [1.807, 2.05) is 30.3 Å². The van der Waals surface area contributed by atoms with E-state index in [4.69, 9.17) is 9.47 Å². The molecule has 2 heterocycles. The first-order chi connectivity index (χ1) is 14.8. The summed E-state index contributed by atoms with van der Waals surface area (Å²) in [6.45, 7) is 3.41. The molecule has 1 unspecified atom stereocenters. The molecule has 1 amide bonds. The Kier molecular flexibility index (Phi) is 7.32. The maximum absolute atomic E-state index is 12.9. The number of anilines is 1. The number of hydrogen-bond donors (Lipinski definition) is 1. The van der Waals surface area contributed by atoms with Crippen LogP contribution in [0.3, 0.4) is 0 Å². The topological polar surface area (TPSA) is 63.7 Å². The standard InChI is InChI=1S/C24H31N3O3/c28-24(22-17-27(14-15-29-22)16-19-8-3-1-4-9-19)26-23-21(12-7-13-25-23)30-18-20-10-5-2-6-11-20/h1,3-4,7-9,12-13,20,22H,2,5-6,10-11,14-18H2,(H,25,26,28). The van der Waals surface area contributed by atoms with E-state index in [1.54, 1.807) is 6.20 Å². The molecule has 2 aromatic rings. The van der Waals surface area contributed by atoms with Crippen LogP contribution < -0.4 is 10.1 Å². The number of hydrogen-bond acceptors (Lipinski definition) is 5. The molecular weight excluding hydrogens is 378 g/mol. The second kappa shape index (κ2) is 10.5. The number of pyridine rings is 1. The molecule has 4 rings (SSSR count). The average molecular weight is 410 g/mol. The van der Waals surface area contributed by atoms with Gasteiger partial charge in [0.25, 0.3) is 5.91 Å². The fourth-order valence-electron chi connectivity index (χ4n) is 4.21. The lowest BCUT2D eigenvalue weighted by Crippen LogP contribution is -2.47. The number of carbonyl (C=O) groups excluding carboxylic acids is 1. The van der Waals surface area contributed by atoms with Gasteiger partial charge in [0.2, 0.25) is 0 Å². The minimum Gasteiger partial charge on any atom is -0.489 e. The number of ether oxygens (including phenoxy) is 2. The lowest BCUT2D eigenvalue weighted by atomic mass is 9.90. The molecule has 1 saturated heterocycles. The number of carbonyl (C=O) groups is 1. The van der Waals surface area contributed by atoms with Gasteiger partial charge >= 0.3 is 0 Å². The van der Waals surface area contributed by atoms with Gasteiger partial charge in [-0.05, 0) is 36.5 Å². The molecule has 0 radical (unpaired) electrons. The van der Waals surface area contributed by atoms with Crippen molar-refractivity contribution in [1.29, 1.82) is 0 Å². The van der Waals surface area contributed by atoms with E-state index in [0.29, 0.717) is 37.2 Å². The molecule has 1 aromatic carbocycles. The zero-order valence-electron chi connectivity index (χ0n) is 17.5. The Morgan fingerprint density at radius 2 is 1.97 bits per heavy atom.